The lowest BCUT2D eigenvalue weighted by Crippen LogP contribution is -2.62. The molecular formula is C51H87N11O12. The molecule has 23 heteroatoms. The SMILES string of the molecule is CC(C)C[C@H](NC(=O)[C@@H]1CCCN1C(=O)[C@H](Cc1ccccc1)NC(=O)[C@H](CCCCN)NC(=O)[C@H](CCCCN)NC(=O)[C@H](CC(C)C)NC(=O)[C@@H](NC(=O)[C@@H](NC(=O)[C@@H](N)[C@@H](C)O)C(C)C)[C@@H](C)O)C(=O)O. The summed E-state index contributed by atoms with van der Waals surface area (Å²) in [6.45, 7) is 13.8. The van der Waals surface area contributed by atoms with Crippen LogP contribution < -0.4 is 54.4 Å². The van der Waals surface area contributed by atoms with Crippen molar-refractivity contribution in [1.82, 2.24) is 42.1 Å². The van der Waals surface area contributed by atoms with Gasteiger partial charge in [0.05, 0.1) is 12.2 Å². The molecule has 1 aromatic rings. The number of nitrogens with two attached hydrogens (primary N) is 3. The molecule has 0 aliphatic carbocycles. The molecule has 8 amide bonds. The number of aliphatic hydroxyl groups is 2. The molecule has 1 saturated heterocycles. The number of unbranched alkanes of at least 4 members (excludes halogenated alkanes) is 2. The second kappa shape index (κ2) is 32.5. The zero-order chi connectivity index (χ0) is 55.8. The van der Waals surface area contributed by atoms with E-state index in [1.165, 1.54) is 18.7 Å². The standard InChI is InChI=1S/C51H87N11O12/c1-28(2)25-36(57-49(71)42(32(8)64)61-48(70)41(30(5)6)60-47(69)40(54)31(7)63)45(67)56-34(19-12-14-22-52)43(65)55-35(20-13-15-23-53)44(66)58-37(27-33-17-10-9-11-18-33)50(72)62-24-16-21-39(62)46(68)59-38(51(73)74)26-29(3)4/h9-11,17-18,28-32,34-42,63-64H,12-16,19-27,52-54H2,1-8H3,(H,55,65)(H,56,67)(H,57,71)(H,58,66)(H,59,68)(H,60,69)(H,61,70)(H,73,74)/t31-,32-,34+,35+,36+,37+,38+,39+,40+,41+,42+/m1/s1. The van der Waals surface area contributed by atoms with Gasteiger partial charge in [-0.2, -0.15) is 0 Å². The number of carbonyl (C=O) groups is 9. The summed E-state index contributed by atoms with van der Waals surface area (Å²) in [4.78, 5) is 125. The first kappa shape index (κ1) is 64.4. The van der Waals surface area contributed by atoms with E-state index in [-0.39, 0.29) is 70.0 Å². The monoisotopic (exact) mass is 1050 g/mol. The molecule has 16 N–H and O–H groups in total. The van der Waals surface area contributed by atoms with E-state index in [9.17, 15) is 58.5 Å². The van der Waals surface area contributed by atoms with Gasteiger partial charge in [-0.1, -0.05) is 71.9 Å². The van der Waals surface area contributed by atoms with Crippen molar-refractivity contribution in [2.75, 3.05) is 19.6 Å². The van der Waals surface area contributed by atoms with Crippen LogP contribution in [0, 0.1) is 17.8 Å². The fraction of sp³-hybridized carbons (Fsp3) is 0.706. The van der Waals surface area contributed by atoms with Crippen molar-refractivity contribution in [2.24, 2.45) is 35.0 Å². The maximum Gasteiger partial charge on any atom is 0.326 e. The molecule has 11 atom stereocenters. The van der Waals surface area contributed by atoms with Crippen LogP contribution >= 0.6 is 0 Å². The van der Waals surface area contributed by atoms with Crippen LogP contribution in [0.5, 0.6) is 0 Å². The van der Waals surface area contributed by atoms with Crippen molar-refractivity contribution in [1.29, 1.82) is 0 Å². The van der Waals surface area contributed by atoms with Crippen LogP contribution in [0.25, 0.3) is 0 Å². The lowest BCUT2D eigenvalue weighted by molar-refractivity contribution is -0.145. The molecule has 418 valence electrons. The first-order chi connectivity index (χ1) is 34.8. The van der Waals surface area contributed by atoms with E-state index >= 15 is 0 Å². The first-order valence-electron chi connectivity index (χ1n) is 26.0. The fourth-order valence-electron chi connectivity index (χ4n) is 8.47. The zero-order valence-corrected chi connectivity index (χ0v) is 44.6. The molecule has 0 bridgehead atoms. The van der Waals surface area contributed by atoms with Gasteiger partial charge in [0, 0.05) is 13.0 Å². The summed E-state index contributed by atoms with van der Waals surface area (Å²) in [5, 5.41) is 48.8. The number of carboxylic acid groups (broad SMARTS) is 1. The molecule has 0 aromatic heterocycles. The largest absolute Gasteiger partial charge is 0.480 e. The smallest absolute Gasteiger partial charge is 0.326 e. The summed E-state index contributed by atoms with van der Waals surface area (Å²) in [5.41, 5.74) is 18.1. The van der Waals surface area contributed by atoms with Gasteiger partial charge in [0.1, 0.15) is 54.4 Å². The van der Waals surface area contributed by atoms with Crippen LogP contribution in [-0.4, -0.2) is 160 Å². The number of nitrogens with zero attached hydrogens (tertiary/aromatic N) is 1. The van der Waals surface area contributed by atoms with Gasteiger partial charge < -0.3 is 74.6 Å². The normalized spacial score (nSPS) is 17.6. The minimum atomic E-state index is -1.62. The number of aliphatic hydroxyl groups excluding tert-OH is 2. The number of carbonyl (C=O) groups excluding carboxylic acids is 8. The predicted molar refractivity (Wildman–Crippen MR) is 277 cm³/mol. The number of likely N-dealkylation sites (tertiary alicyclic amines) is 1. The molecule has 2 rings (SSSR count). The van der Waals surface area contributed by atoms with Crippen molar-refractivity contribution in [3.63, 3.8) is 0 Å². The molecule has 1 aliphatic heterocycles. The number of carboxylic acids is 1. The number of amides is 8. The minimum Gasteiger partial charge on any atom is -0.480 e. The highest BCUT2D eigenvalue weighted by Gasteiger charge is 2.41. The predicted octanol–water partition coefficient (Wildman–Crippen LogP) is -1.21. The Morgan fingerprint density at radius 3 is 1.53 bits per heavy atom. The number of aliphatic carboxylic acids is 1. The first-order valence-corrected chi connectivity index (χ1v) is 26.0. The lowest BCUT2D eigenvalue weighted by Gasteiger charge is -2.31. The molecule has 74 heavy (non-hydrogen) atoms. The van der Waals surface area contributed by atoms with Crippen molar-refractivity contribution in [3.8, 4) is 0 Å². The van der Waals surface area contributed by atoms with Gasteiger partial charge in [-0.25, -0.2) is 4.79 Å². The number of hydrogen-bond acceptors (Lipinski definition) is 14. The zero-order valence-electron chi connectivity index (χ0n) is 44.6. The molecule has 1 aliphatic rings. The molecule has 1 fully saturated rings. The van der Waals surface area contributed by atoms with E-state index in [1.807, 2.05) is 13.8 Å². The number of rotatable bonds is 33. The van der Waals surface area contributed by atoms with Gasteiger partial charge in [-0.15, -0.1) is 0 Å². The molecule has 0 unspecified atom stereocenters. The van der Waals surface area contributed by atoms with E-state index in [0.717, 1.165) is 0 Å². The Morgan fingerprint density at radius 1 is 0.581 bits per heavy atom. The van der Waals surface area contributed by atoms with Crippen LogP contribution in [-0.2, 0) is 49.6 Å². The highest BCUT2D eigenvalue weighted by atomic mass is 16.4. The molecule has 0 radical (unpaired) electrons. The second-order valence-electron chi connectivity index (χ2n) is 20.6. The number of hydrogen-bond donors (Lipinski definition) is 13. The van der Waals surface area contributed by atoms with Gasteiger partial charge in [0.15, 0.2) is 0 Å². The second-order valence-corrected chi connectivity index (χ2v) is 20.6. The average Bonchev–Trinajstić information content (AvgIpc) is 3.83. The summed E-state index contributed by atoms with van der Waals surface area (Å²) in [6.07, 6.45) is 0.0982. The van der Waals surface area contributed by atoms with Crippen LogP contribution in [0.2, 0.25) is 0 Å². The Bertz CT molecular complexity index is 1990. The van der Waals surface area contributed by atoms with Gasteiger partial charge >= 0.3 is 5.97 Å². The third kappa shape index (κ3) is 21.6. The maximum absolute atomic E-state index is 14.5. The Hall–Kier alpha value is -5.75. The van der Waals surface area contributed by atoms with E-state index in [1.54, 1.807) is 58.0 Å². The van der Waals surface area contributed by atoms with Gasteiger partial charge in [-0.3, -0.25) is 38.4 Å². The molecular weight excluding hydrogens is 959 g/mol. The Kier molecular flexibility index (Phi) is 28.3. The summed E-state index contributed by atoms with van der Waals surface area (Å²) >= 11 is 0. The minimum absolute atomic E-state index is 0.0126. The van der Waals surface area contributed by atoms with Gasteiger partial charge in [0.25, 0.3) is 0 Å². The number of nitrogens with one attached hydrogen (secondary N) is 7. The quantitative estimate of drug-likeness (QED) is 0.0368. The Morgan fingerprint density at radius 2 is 1.05 bits per heavy atom. The molecule has 23 nitrogen and oxygen atoms in total. The summed E-state index contributed by atoms with van der Waals surface area (Å²) < 4.78 is 0. The van der Waals surface area contributed by atoms with E-state index in [4.69, 9.17) is 17.2 Å². The fourth-order valence-corrected chi connectivity index (χ4v) is 8.47. The van der Waals surface area contributed by atoms with Gasteiger partial charge in [0.2, 0.25) is 47.3 Å². The Balaban J connectivity index is 2.45. The lowest BCUT2D eigenvalue weighted by atomic mass is 9.99. The van der Waals surface area contributed by atoms with Crippen molar-refractivity contribution >= 4 is 53.2 Å². The third-order valence-corrected chi connectivity index (χ3v) is 12.7. The van der Waals surface area contributed by atoms with Crippen molar-refractivity contribution < 1.29 is 58.5 Å². The highest BCUT2D eigenvalue weighted by Crippen LogP contribution is 2.21. The molecule has 0 spiro atoms. The number of benzene rings is 1. The van der Waals surface area contributed by atoms with Crippen LogP contribution in [0.1, 0.15) is 125 Å². The Labute approximate surface area is 435 Å². The van der Waals surface area contributed by atoms with E-state index < -0.39 is 126 Å². The van der Waals surface area contributed by atoms with Gasteiger partial charge in [-0.05, 0) is 114 Å². The van der Waals surface area contributed by atoms with Crippen molar-refractivity contribution in [3.05, 3.63) is 35.9 Å². The molecule has 1 aromatic carbocycles. The highest BCUT2D eigenvalue weighted by molar-refractivity contribution is 5.98. The maximum atomic E-state index is 14.5. The van der Waals surface area contributed by atoms with E-state index in [0.29, 0.717) is 37.7 Å². The third-order valence-electron chi connectivity index (χ3n) is 12.7. The van der Waals surface area contributed by atoms with Crippen LogP contribution in [0.15, 0.2) is 30.3 Å². The summed E-state index contributed by atoms with van der Waals surface area (Å²) in [7, 11) is 0. The summed E-state index contributed by atoms with van der Waals surface area (Å²) in [5.74, 6) is -8.02. The van der Waals surface area contributed by atoms with Crippen LogP contribution in [0.3, 0.4) is 0 Å². The van der Waals surface area contributed by atoms with Crippen LogP contribution in [0.4, 0.5) is 0 Å². The average molecular weight is 1050 g/mol. The van der Waals surface area contributed by atoms with E-state index in [2.05, 4.69) is 37.2 Å². The molecule has 0 saturated carbocycles. The van der Waals surface area contributed by atoms with Crippen molar-refractivity contribution in [2.45, 2.75) is 193 Å². The molecule has 1 heterocycles. The summed E-state index contributed by atoms with van der Waals surface area (Å²) in [6, 6.07) is -2.52. The topological polar surface area (TPSA) is 380 Å².